The van der Waals surface area contributed by atoms with Gasteiger partial charge in [0.25, 0.3) is 0 Å². The van der Waals surface area contributed by atoms with Crippen LogP contribution in [0.15, 0.2) is 59.5 Å². The van der Waals surface area contributed by atoms with Crippen LogP contribution in [-0.4, -0.2) is 6.26 Å². The molecule has 0 aliphatic carbocycles. The molecule has 0 amide bonds. The molecular formula is C20H20OS. The first-order valence-electron chi connectivity index (χ1n) is 7.56. The van der Waals surface area contributed by atoms with Crippen molar-refractivity contribution in [3.8, 4) is 11.5 Å². The first-order valence-corrected chi connectivity index (χ1v) is 8.78. The van der Waals surface area contributed by atoms with E-state index in [1.807, 2.05) is 12.1 Å². The molecule has 0 unspecified atom stereocenters. The van der Waals surface area contributed by atoms with Crippen molar-refractivity contribution in [1.82, 2.24) is 0 Å². The van der Waals surface area contributed by atoms with Crippen LogP contribution in [0.3, 0.4) is 0 Å². The van der Waals surface area contributed by atoms with Gasteiger partial charge in [-0.1, -0.05) is 37.3 Å². The maximum absolute atomic E-state index is 6.26. The number of thioether (sulfide) groups is 1. The molecule has 3 aromatic carbocycles. The molecule has 22 heavy (non-hydrogen) atoms. The van der Waals surface area contributed by atoms with E-state index in [1.165, 1.54) is 26.8 Å². The summed E-state index contributed by atoms with van der Waals surface area (Å²) in [6, 6.07) is 19.0. The van der Waals surface area contributed by atoms with E-state index in [9.17, 15) is 0 Å². The molecule has 0 atom stereocenters. The average molecular weight is 308 g/mol. The summed E-state index contributed by atoms with van der Waals surface area (Å²) >= 11 is 1.74. The summed E-state index contributed by atoms with van der Waals surface area (Å²) < 4.78 is 6.26. The van der Waals surface area contributed by atoms with Crippen molar-refractivity contribution in [2.24, 2.45) is 0 Å². The minimum atomic E-state index is 0.888. The third kappa shape index (κ3) is 2.84. The zero-order valence-corrected chi connectivity index (χ0v) is 14.0. The van der Waals surface area contributed by atoms with Gasteiger partial charge in [0, 0.05) is 10.3 Å². The molecule has 2 heteroatoms. The summed E-state index contributed by atoms with van der Waals surface area (Å²) in [4.78, 5) is 1.25. The molecule has 0 fully saturated rings. The topological polar surface area (TPSA) is 9.23 Å². The van der Waals surface area contributed by atoms with Gasteiger partial charge >= 0.3 is 0 Å². The number of rotatable bonds is 4. The van der Waals surface area contributed by atoms with Crippen LogP contribution >= 0.6 is 11.8 Å². The van der Waals surface area contributed by atoms with Crippen LogP contribution in [0.2, 0.25) is 0 Å². The first kappa shape index (κ1) is 15.0. The second-order valence-corrected chi connectivity index (χ2v) is 6.22. The van der Waals surface area contributed by atoms with Crippen LogP contribution in [-0.2, 0) is 6.42 Å². The van der Waals surface area contributed by atoms with Gasteiger partial charge in [-0.05, 0) is 60.4 Å². The molecule has 0 saturated carbocycles. The van der Waals surface area contributed by atoms with Crippen LogP contribution in [0.25, 0.3) is 10.8 Å². The normalized spacial score (nSPS) is 10.9. The summed E-state index contributed by atoms with van der Waals surface area (Å²) in [5.74, 6) is 1.87. The molecule has 0 N–H and O–H groups in total. The predicted octanol–water partition coefficient (Wildman–Crippen LogP) is 6.22. The Hall–Kier alpha value is -1.93. The highest BCUT2D eigenvalue weighted by atomic mass is 32.2. The summed E-state index contributed by atoms with van der Waals surface area (Å²) in [6.07, 6.45) is 3.09. The van der Waals surface area contributed by atoms with E-state index in [4.69, 9.17) is 4.74 Å². The Bertz CT molecular complexity index is 791. The van der Waals surface area contributed by atoms with Crippen LogP contribution in [0.4, 0.5) is 0 Å². The fourth-order valence-corrected chi connectivity index (χ4v) is 3.14. The number of benzene rings is 3. The standard InChI is InChI=1S/C20H20OS/c1-4-15-13-16-7-5-6-8-19(16)20(14(15)2)21-17-9-11-18(22-3)12-10-17/h5-13H,4H2,1-3H3. The van der Waals surface area contributed by atoms with Crippen molar-refractivity contribution < 1.29 is 4.74 Å². The minimum absolute atomic E-state index is 0.888. The van der Waals surface area contributed by atoms with Crippen molar-refractivity contribution in [3.05, 3.63) is 65.7 Å². The Morgan fingerprint density at radius 1 is 1.00 bits per heavy atom. The summed E-state index contributed by atoms with van der Waals surface area (Å²) in [5.41, 5.74) is 2.57. The van der Waals surface area contributed by atoms with E-state index in [-0.39, 0.29) is 0 Å². The van der Waals surface area contributed by atoms with Crippen LogP contribution in [0.1, 0.15) is 18.1 Å². The lowest BCUT2D eigenvalue weighted by atomic mass is 9.99. The quantitative estimate of drug-likeness (QED) is 0.529. The molecule has 1 nitrogen and oxygen atoms in total. The van der Waals surface area contributed by atoms with Gasteiger partial charge in [-0.2, -0.15) is 0 Å². The summed E-state index contributed by atoms with van der Waals surface area (Å²) in [5, 5.41) is 2.41. The van der Waals surface area contributed by atoms with Gasteiger partial charge in [0.15, 0.2) is 0 Å². The third-order valence-corrected chi connectivity index (χ3v) is 4.76. The van der Waals surface area contributed by atoms with Crippen LogP contribution in [0, 0.1) is 6.92 Å². The van der Waals surface area contributed by atoms with Crippen molar-refractivity contribution in [2.75, 3.05) is 6.26 Å². The third-order valence-electron chi connectivity index (χ3n) is 4.02. The molecule has 0 bridgehead atoms. The van der Waals surface area contributed by atoms with Gasteiger partial charge < -0.3 is 4.74 Å². The Labute approximate surface area is 136 Å². The molecule has 3 aromatic rings. The van der Waals surface area contributed by atoms with E-state index in [2.05, 4.69) is 62.6 Å². The fraction of sp³-hybridized carbons (Fsp3) is 0.200. The smallest absolute Gasteiger partial charge is 0.138 e. The van der Waals surface area contributed by atoms with Crippen molar-refractivity contribution in [3.63, 3.8) is 0 Å². The molecule has 0 aromatic heterocycles. The zero-order valence-electron chi connectivity index (χ0n) is 13.2. The monoisotopic (exact) mass is 308 g/mol. The average Bonchev–Trinajstić information content (AvgIpc) is 2.57. The Morgan fingerprint density at radius 3 is 2.41 bits per heavy atom. The van der Waals surface area contributed by atoms with Gasteiger partial charge in [0.05, 0.1) is 0 Å². The molecule has 0 aliphatic rings. The van der Waals surface area contributed by atoms with Gasteiger partial charge in [0.1, 0.15) is 11.5 Å². The molecular weight excluding hydrogens is 288 g/mol. The lowest BCUT2D eigenvalue weighted by molar-refractivity contribution is 0.483. The number of hydrogen-bond donors (Lipinski definition) is 0. The zero-order chi connectivity index (χ0) is 15.5. The van der Waals surface area contributed by atoms with E-state index >= 15 is 0 Å². The first-order chi connectivity index (χ1) is 10.7. The fourth-order valence-electron chi connectivity index (χ4n) is 2.73. The van der Waals surface area contributed by atoms with Crippen molar-refractivity contribution in [2.45, 2.75) is 25.2 Å². The highest BCUT2D eigenvalue weighted by molar-refractivity contribution is 7.98. The maximum atomic E-state index is 6.26. The SMILES string of the molecule is CCc1cc2ccccc2c(Oc2ccc(SC)cc2)c1C. The highest BCUT2D eigenvalue weighted by Crippen LogP contribution is 2.36. The molecule has 0 radical (unpaired) electrons. The maximum Gasteiger partial charge on any atom is 0.138 e. The number of hydrogen-bond acceptors (Lipinski definition) is 2. The largest absolute Gasteiger partial charge is 0.456 e. The second kappa shape index (κ2) is 6.45. The highest BCUT2D eigenvalue weighted by Gasteiger charge is 2.11. The molecule has 112 valence electrons. The number of aryl methyl sites for hydroxylation is 1. The van der Waals surface area contributed by atoms with E-state index in [0.29, 0.717) is 0 Å². The molecule has 3 rings (SSSR count). The lowest BCUT2D eigenvalue weighted by Gasteiger charge is -2.15. The number of ether oxygens (including phenoxy) is 1. The van der Waals surface area contributed by atoms with Gasteiger partial charge in [-0.15, -0.1) is 11.8 Å². The predicted molar refractivity (Wildman–Crippen MR) is 96.4 cm³/mol. The van der Waals surface area contributed by atoms with Crippen molar-refractivity contribution in [1.29, 1.82) is 0 Å². The lowest BCUT2D eigenvalue weighted by Crippen LogP contribution is -1.94. The molecule has 0 aliphatic heterocycles. The summed E-state index contributed by atoms with van der Waals surface area (Å²) in [6.45, 7) is 4.34. The minimum Gasteiger partial charge on any atom is -0.456 e. The van der Waals surface area contributed by atoms with Gasteiger partial charge in [0.2, 0.25) is 0 Å². The molecule has 0 spiro atoms. The molecule has 0 heterocycles. The Balaban J connectivity index is 2.09. The van der Waals surface area contributed by atoms with Crippen molar-refractivity contribution >= 4 is 22.5 Å². The van der Waals surface area contributed by atoms with E-state index in [0.717, 1.165) is 17.9 Å². The van der Waals surface area contributed by atoms with Gasteiger partial charge in [-0.3, -0.25) is 0 Å². The summed E-state index contributed by atoms with van der Waals surface area (Å²) in [7, 11) is 0. The number of fused-ring (bicyclic) bond motifs is 1. The second-order valence-electron chi connectivity index (χ2n) is 5.34. The Morgan fingerprint density at radius 2 is 1.73 bits per heavy atom. The Kier molecular flexibility index (Phi) is 4.39. The van der Waals surface area contributed by atoms with E-state index < -0.39 is 0 Å². The van der Waals surface area contributed by atoms with Crippen LogP contribution < -0.4 is 4.74 Å². The van der Waals surface area contributed by atoms with Gasteiger partial charge in [-0.25, -0.2) is 0 Å². The molecule has 0 saturated heterocycles. The van der Waals surface area contributed by atoms with Crippen LogP contribution in [0.5, 0.6) is 11.5 Å². The van der Waals surface area contributed by atoms with E-state index in [1.54, 1.807) is 11.8 Å².